The van der Waals surface area contributed by atoms with Gasteiger partial charge in [0.1, 0.15) is 22.8 Å². The number of aliphatic hydroxyl groups is 4. The van der Waals surface area contributed by atoms with Crippen LogP contribution in [0.5, 0.6) is 5.75 Å². The lowest BCUT2D eigenvalue weighted by Gasteiger charge is -2.49. The van der Waals surface area contributed by atoms with Crippen molar-refractivity contribution in [3.05, 3.63) is 46.2 Å². The Kier molecular flexibility index (Phi) is 3.89. The number of hydrogen-bond acceptors (Lipinski definition) is 9. The van der Waals surface area contributed by atoms with Gasteiger partial charge in [0.25, 0.3) is 5.91 Å². The second-order valence-electron chi connectivity index (χ2n) is 7.47. The number of aliphatic hydroxyl groups excluding tert-OH is 3. The van der Waals surface area contributed by atoms with Crippen LogP contribution in [0.1, 0.15) is 23.7 Å². The van der Waals surface area contributed by atoms with Crippen LogP contribution in [0.25, 0.3) is 5.76 Å². The maximum absolute atomic E-state index is 13.2. The lowest BCUT2D eigenvalue weighted by molar-refractivity contribution is -0.151. The van der Waals surface area contributed by atoms with Crippen molar-refractivity contribution in [3.8, 4) is 5.75 Å². The minimum absolute atomic E-state index is 0.155. The molecule has 1 amide bonds. The molecular formula is C19H18N2O8. The molecule has 0 saturated heterocycles. The zero-order valence-electron chi connectivity index (χ0n) is 14.9. The normalized spacial score (nSPS) is 33.9. The number of amides is 1. The van der Waals surface area contributed by atoms with Gasteiger partial charge in [0.2, 0.25) is 5.78 Å². The quantitative estimate of drug-likeness (QED) is 0.283. The van der Waals surface area contributed by atoms with Crippen LogP contribution in [-0.2, 0) is 14.4 Å². The molecule has 1 saturated carbocycles. The van der Waals surface area contributed by atoms with Crippen LogP contribution in [-0.4, -0.2) is 54.6 Å². The summed E-state index contributed by atoms with van der Waals surface area (Å²) in [5.74, 6) is -8.38. The van der Waals surface area contributed by atoms with Gasteiger partial charge < -0.3 is 37.0 Å². The predicted octanol–water partition coefficient (Wildman–Crippen LogP) is -1.15. The number of rotatable bonds is 1. The van der Waals surface area contributed by atoms with Gasteiger partial charge in [-0.15, -0.1) is 0 Å². The number of hydrogen-bond donors (Lipinski definition) is 7. The largest absolute Gasteiger partial charge is 0.508 e. The number of primary amides is 1. The van der Waals surface area contributed by atoms with E-state index in [-0.39, 0.29) is 17.5 Å². The van der Waals surface area contributed by atoms with Crippen LogP contribution < -0.4 is 11.5 Å². The van der Waals surface area contributed by atoms with Gasteiger partial charge in [-0.25, -0.2) is 0 Å². The Labute approximate surface area is 163 Å². The van der Waals surface area contributed by atoms with E-state index in [1.807, 2.05) is 0 Å². The van der Waals surface area contributed by atoms with Gasteiger partial charge in [0.05, 0.1) is 17.7 Å². The summed E-state index contributed by atoms with van der Waals surface area (Å²) in [5.41, 5.74) is 6.74. The third kappa shape index (κ3) is 2.18. The van der Waals surface area contributed by atoms with E-state index in [1.54, 1.807) is 0 Å². The molecule has 3 aliphatic carbocycles. The van der Waals surface area contributed by atoms with E-state index in [2.05, 4.69) is 0 Å². The van der Waals surface area contributed by atoms with Crippen molar-refractivity contribution < 1.29 is 39.9 Å². The van der Waals surface area contributed by atoms with E-state index in [9.17, 15) is 39.9 Å². The lowest BCUT2D eigenvalue weighted by Crippen LogP contribution is -2.65. The first-order chi connectivity index (χ1) is 13.5. The molecule has 1 aromatic rings. The summed E-state index contributed by atoms with van der Waals surface area (Å²) in [7, 11) is 0. The molecule has 4 rings (SSSR count). The fraction of sp³-hybridized carbons (Fsp3) is 0.316. The van der Waals surface area contributed by atoms with Crippen LogP contribution in [0.15, 0.2) is 35.1 Å². The summed E-state index contributed by atoms with van der Waals surface area (Å²) in [6.07, 6.45) is -1.62. The molecule has 10 nitrogen and oxygen atoms in total. The highest BCUT2D eigenvalue weighted by Gasteiger charge is 2.64. The Morgan fingerprint density at radius 2 is 1.83 bits per heavy atom. The molecule has 0 aliphatic heterocycles. The summed E-state index contributed by atoms with van der Waals surface area (Å²) in [6, 6.07) is 2.58. The summed E-state index contributed by atoms with van der Waals surface area (Å²) in [4.78, 5) is 37.3. The van der Waals surface area contributed by atoms with Gasteiger partial charge in [-0.05, 0) is 18.1 Å². The molecule has 0 bridgehead atoms. The number of fused-ring (bicyclic) bond motifs is 3. The van der Waals surface area contributed by atoms with E-state index in [1.165, 1.54) is 18.2 Å². The van der Waals surface area contributed by atoms with Crippen molar-refractivity contribution in [2.75, 3.05) is 0 Å². The number of phenolic OH excluding ortho intramolecular Hbond substituents is 1. The highest BCUT2D eigenvalue weighted by Crippen LogP contribution is 2.54. The van der Waals surface area contributed by atoms with Gasteiger partial charge in [-0.3, -0.25) is 14.4 Å². The summed E-state index contributed by atoms with van der Waals surface area (Å²) >= 11 is 0. The highest BCUT2D eigenvalue weighted by atomic mass is 16.3. The number of benzene rings is 1. The molecule has 0 radical (unpaired) electrons. The van der Waals surface area contributed by atoms with Gasteiger partial charge in [0, 0.05) is 17.4 Å². The molecule has 0 unspecified atom stereocenters. The average Bonchev–Trinajstić information content (AvgIpc) is 2.66. The van der Waals surface area contributed by atoms with Crippen LogP contribution in [0.3, 0.4) is 0 Å². The van der Waals surface area contributed by atoms with Gasteiger partial charge in [-0.1, -0.05) is 12.1 Å². The van der Waals surface area contributed by atoms with Crippen molar-refractivity contribution in [1.82, 2.24) is 0 Å². The molecule has 0 heterocycles. The number of carbonyl (C=O) groups is 3. The van der Waals surface area contributed by atoms with Crippen LogP contribution >= 0.6 is 0 Å². The first-order valence-corrected chi connectivity index (χ1v) is 8.77. The summed E-state index contributed by atoms with van der Waals surface area (Å²) in [5, 5.41) is 53.1. The fourth-order valence-electron chi connectivity index (χ4n) is 4.67. The van der Waals surface area contributed by atoms with E-state index in [0.29, 0.717) is 0 Å². The van der Waals surface area contributed by atoms with Crippen LogP contribution in [0.4, 0.5) is 0 Å². The molecule has 29 heavy (non-hydrogen) atoms. The van der Waals surface area contributed by atoms with E-state index in [0.717, 1.165) is 0 Å². The molecule has 0 spiro atoms. The highest BCUT2D eigenvalue weighted by molar-refractivity contribution is 6.24. The molecule has 9 N–H and O–H groups in total. The average molecular weight is 402 g/mol. The second-order valence-corrected chi connectivity index (χ2v) is 7.47. The Bertz CT molecular complexity index is 1060. The number of nitrogens with two attached hydrogens (primary N) is 2. The third-order valence-electron chi connectivity index (χ3n) is 6.10. The van der Waals surface area contributed by atoms with Crippen molar-refractivity contribution >= 4 is 23.2 Å². The van der Waals surface area contributed by atoms with E-state index in [4.69, 9.17) is 11.5 Å². The first-order valence-electron chi connectivity index (χ1n) is 8.77. The first kappa shape index (κ1) is 19.1. The minimum atomic E-state index is -2.79. The maximum Gasteiger partial charge on any atom is 0.255 e. The standard InChI is InChI=1S/C19H18N2O8/c20-12-7-4-6-10(14(24)9-5(13(6)23)2-1-3-8(9)22)16(26)19(7,29)17(27)11(15(12)25)18(21)28/h1-3,6-7,12-13,22-24,27,29H,4,20H2,(H2,21,28)/t6-,7-,12-,13+,19-/m0/s1. The Morgan fingerprint density at radius 1 is 1.17 bits per heavy atom. The molecule has 152 valence electrons. The zero-order valence-corrected chi connectivity index (χ0v) is 14.9. The molecule has 5 atom stereocenters. The monoisotopic (exact) mass is 402 g/mol. The lowest BCUT2D eigenvalue weighted by atomic mass is 9.57. The van der Waals surface area contributed by atoms with Gasteiger partial charge in [0.15, 0.2) is 11.4 Å². The maximum atomic E-state index is 13.2. The molecule has 3 aliphatic rings. The number of carbonyl (C=O) groups excluding carboxylic acids is 3. The van der Waals surface area contributed by atoms with Crippen LogP contribution in [0.2, 0.25) is 0 Å². The number of phenols is 1. The van der Waals surface area contributed by atoms with Gasteiger partial charge in [-0.2, -0.15) is 0 Å². The fourth-order valence-corrected chi connectivity index (χ4v) is 4.67. The third-order valence-corrected chi connectivity index (χ3v) is 6.10. The topological polar surface area (TPSA) is 204 Å². The number of aromatic hydroxyl groups is 1. The summed E-state index contributed by atoms with van der Waals surface area (Å²) < 4.78 is 0. The molecule has 1 aromatic carbocycles. The molecule has 1 fully saturated rings. The predicted molar refractivity (Wildman–Crippen MR) is 96.0 cm³/mol. The second kappa shape index (κ2) is 5.89. The molecule has 10 heteroatoms. The molecular weight excluding hydrogens is 384 g/mol. The Morgan fingerprint density at radius 3 is 2.45 bits per heavy atom. The minimum Gasteiger partial charge on any atom is -0.508 e. The summed E-state index contributed by atoms with van der Waals surface area (Å²) in [6.45, 7) is 0. The van der Waals surface area contributed by atoms with Crippen LogP contribution in [0, 0.1) is 11.8 Å². The Hall–Kier alpha value is -3.21. The van der Waals surface area contributed by atoms with Crippen molar-refractivity contribution in [3.63, 3.8) is 0 Å². The number of Topliss-reactive ketones (excluding diaryl/α,β-unsaturated/α-hetero) is 2. The van der Waals surface area contributed by atoms with Crippen molar-refractivity contribution in [2.24, 2.45) is 23.3 Å². The van der Waals surface area contributed by atoms with E-state index >= 15 is 0 Å². The van der Waals surface area contributed by atoms with E-state index < -0.39 is 75.5 Å². The molecule has 0 aromatic heterocycles. The SMILES string of the molecule is NC(=O)C1=C(O)[C@@]2(O)C(=O)C3=C(O)c4c(O)cccc4[C@@H](O)[C@H]3C[C@H]2[C@H](N)C1=O. The zero-order chi connectivity index (χ0) is 21.4. The van der Waals surface area contributed by atoms with Crippen molar-refractivity contribution in [2.45, 2.75) is 24.2 Å². The Balaban J connectivity index is 2.00. The van der Waals surface area contributed by atoms with Gasteiger partial charge >= 0.3 is 0 Å². The van der Waals surface area contributed by atoms with Crippen molar-refractivity contribution in [1.29, 1.82) is 0 Å². The smallest absolute Gasteiger partial charge is 0.255 e. The number of ketones is 2.